The van der Waals surface area contributed by atoms with Crippen molar-refractivity contribution in [3.8, 4) is 22.6 Å². The maximum atomic E-state index is 13.9. The fourth-order valence-corrected chi connectivity index (χ4v) is 6.77. The number of nitrogens with zero attached hydrogens (tertiary/aromatic N) is 1. The summed E-state index contributed by atoms with van der Waals surface area (Å²) in [6.45, 7) is 2.38. The van der Waals surface area contributed by atoms with Crippen molar-refractivity contribution >= 4 is 29.0 Å². The Morgan fingerprint density at radius 1 is 1.08 bits per heavy atom. The van der Waals surface area contributed by atoms with Crippen LogP contribution < -0.4 is 10.5 Å². The van der Waals surface area contributed by atoms with E-state index >= 15 is 0 Å². The molecule has 2 aromatic rings. The number of aromatic hydroxyl groups is 1. The molecule has 0 bridgehead atoms. The Hall–Kier alpha value is -3.89. The summed E-state index contributed by atoms with van der Waals surface area (Å²) in [4.78, 5) is 67.8. The van der Waals surface area contributed by atoms with Crippen molar-refractivity contribution in [1.29, 1.82) is 0 Å². The molecule has 0 radical (unpaired) electrons. The van der Waals surface area contributed by atoms with Gasteiger partial charge >= 0.3 is 0 Å². The summed E-state index contributed by atoms with van der Waals surface area (Å²) in [5, 5.41) is 22.4. The van der Waals surface area contributed by atoms with Gasteiger partial charge in [0.05, 0.1) is 24.1 Å². The van der Waals surface area contributed by atoms with Crippen LogP contribution >= 0.6 is 0 Å². The van der Waals surface area contributed by atoms with E-state index in [1.54, 1.807) is 32.3 Å². The topological polar surface area (TPSA) is 164 Å². The number of ether oxygens (including phenoxy) is 1. The lowest BCUT2D eigenvalue weighted by atomic mass is 9.52. The number of phenolic OH excluding ortho intramolecular Hbond substituents is 1. The van der Waals surface area contributed by atoms with Crippen molar-refractivity contribution in [2.45, 2.75) is 31.4 Å². The van der Waals surface area contributed by atoms with Crippen molar-refractivity contribution in [3.05, 3.63) is 47.5 Å². The van der Waals surface area contributed by atoms with E-state index in [0.717, 1.165) is 5.56 Å². The van der Waals surface area contributed by atoms with Gasteiger partial charge in [0.15, 0.2) is 34.7 Å². The summed E-state index contributed by atoms with van der Waals surface area (Å²) < 4.78 is 5.51. The number of phenols is 1. The molecule has 0 heterocycles. The standard InChI is InChI=1S/C29H30N2O8/c1-4-39-15-7-5-13(6-8-15)16-9-10-19(32)21-17(16)11-14-12-18-23(31(2)3)25(34)22(28(30)37)27(36)29(18,38)26(35)20(14)24(21)33/h5-10,14,18,20,22-23,32,38H,4,11-12H2,1-3H3,(H2,30,37). The lowest BCUT2D eigenvalue weighted by Gasteiger charge is -2.52. The number of benzene rings is 2. The van der Waals surface area contributed by atoms with E-state index in [-0.39, 0.29) is 24.2 Å². The number of carbonyl (C=O) groups excluding carboxylic acids is 5. The zero-order valence-electron chi connectivity index (χ0n) is 21.8. The Morgan fingerprint density at radius 2 is 1.74 bits per heavy atom. The molecule has 10 heteroatoms. The second-order valence-electron chi connectivity index (χ2n) is 10.7. The third kappa shape index (κ3) is 3.81. The number of Topliss-reactive ketones (excluding diaryl/α,β-unsaturated/α-hetero) is 4. The molecule has 5 rings (SSSR count). The first kappa shape index (κ1) is 26.7. The number of rotatable bonds is 5. The SMILES string of the molecule is CCOc1ccc(-c2ccc(O)c3c2CC2CC4C(N(C)C)C(=O)C(C(N)=O)C(=O)C4(O)C(=O)C2C3=O)cc1. The average molecular weight is 535 g/mol. The highest BCUT2D eigenvalue weighted by Gasteiger charge is 2.69. The van der Waals surface area contributed by atoms with Crippen LogP contribution in [0.5, 0.6) is 11.5 Å². The van der Waals surface area contributed by atoms with Crippen LogP contribution in [0.3, 0.4) is 0 Å². The molecule has 2 saturated carbocycles. The number of nitrogens with two attached hydrogens (primary N) is 1. The van der Waals surface area contributed by atoms with Crippen molar-refractivity contribution in [3.63, 3.8) is 0 Å². The second kappa shape index (κ2) is 9.39. The zero-order valence-corrected chi connectivity index (χ0v) is 21.8. The van der Waals surface area contributed by atoms with Crippen LogP contribution in [-0.2, 0) is 25.6 Å². The number of hydrogen-bond acceptors (Lipinski definition) is 9. The summed E-state index contributed by atoms with van der Waals surface area (Å²) in [6, 6.07) is 9.21. The van der Waals surface area contributed by atoms with Crippen LogP contribution in [-0.4, -0.2) is 76.5 Å². The zero-order chi connectivity index (χ0) is 28.4. The molecule has 1 amide bonds. The lowest BCUT2D eigenvalue weighted by molar-refractivity contribution is -0.181. The molecule has 6 unspecified atom stereocenters. The van der Waals surface area contributed by atoms with Gasteiger partial charge in [-0.15, -0.1) is 0 Å². The molecule has 0 saturated heterocycles. The quantitative estimate of drug-likeness (QED) is 0.473. The number of aliphatic hydroxyl groups is 1. The lowest BCUT2D eigenvalue weighted by Crippen LogP contribution is -2.74. The highest BCUT2D eigenvalue weighted by molar-refractivity contribution is 6.32. The number of fused-ring (bicyclic) bond motifs is 3. The summed E-state index contributed by atoms with van der Waals surface area (Å²) >= 11 is 0. The smallest absolute Gasteiger partial charge is 0.235 e. The van der Waals surface area contributed by atoms with E-state index in [9.17, 15) is 34.2 Å². The monoisotopic (exact) mass is 534 g/mol. The second-order valence-corrected chi connectivity index (χ2v) is 10.7. The molecule has 0 aliphatic heterocycles. The van der Waals surface area contributed by atoms with Gasteiger partial charge in [0.25, 0.3) is 0 Å². The Morgan fingerprint density at radius 3 is 2.33 bits per heavy atom. The van der Waals surface area contributed by atoms with Gasteiger partial charge in [-0.2, -0.15) is 0 Å². The van der Waals surface area contributed by atoms with Gasteiger partial charge in [0.1, 0.15) is 11.5 Å². The Bertz CT molecular complexity index is 1420. The predicted octanol–water partition coefficient (Wildman–Crippen LogP) is 0.933. The first-order valence-electron chi connectivity index (χ1n) is 12.9. The van der Waals surface area contributed by atoms with E-state index < -0.39 is 64.4 Å². The van der Waals surface area contributed by atoms with Crippen molar-refractivity contribution in [1.82, 2.24) is 4.90 Å². The molecular formula is C29H30N2O8. The van der Waals surface area contributed by atoms with Crippen LogP contribution in [0.15, 0.2) is 36.4 Å². The van der Waals surface area contributed by atoms with E-state index in [2.05, 4.69) is 0 Å². The fraction of sp³-hybridized carbons (Fsp3) is 0.414. The van der Waals surface area contributed by atoms with Crippen molar-refractivity contribution in [2.24, 2.45) is 29.4 Å². The first-order chi connectivity index (χ1) is 18.4. The largest absolute Gasteiger partial charge is 0.507 e. The molecule has 39 heavy (non-hydrogen) atoms. The van der Waals surface area contributed by atoms with E-state index in [1.165, 1.54) is 11.0 Å². The molecule has 3 aliphatic rings. The van der Waals surface area contributed by atoms with Gasteiger partial charge in [-0.25, -0.2) is 0 Å². The van der Waals surface area contributed by atoms with Crippen LogP contribution in [0, 0.1) is 23.7 Å². The minimum Gasteiger partial charge on any atom is -0.507 e. The highest BCUT2D eigenvalue weighted by Crippen LogP contribution is 2.51. The third-order valence-corrected chi connectivity index (χ3v) is 8.42. The number of hydrogen-bond donors (Lipinski definition) is 3. The molecule has 10 nitrogen and oxygen atoms in total. The summed E-state index contributed by atoms with van der Waals surface area (Å²) in [5.74, 6) is -9.92. The van der Waals surface area contributed by atoms with Gasteiger partial charge < -0.3 is 20.7 Å². The van der Waals surface area contributed by atoms with Gasteiger partial charge in [-0.05, 0) is 74.7 Å². The maximum absolute atomic E-state index is 13.9. The fourth-order valence-electron chi connectivity index (χ4n) is 6.77. The molecule has 2 aromatic carbocycles. The third-order valence-electron chi connectivity index (χ3n) is 8.42. The van der Waals surface area contributed by atoms with Gasteiger partial charge in [0.2, 0.25) is 5.91 Å². The molecule has 0 aromatic heterocycles. The summed E-state index contributed by atoms with van der Waals surface area (Å²) in [6.07, 6.45) is 0.199. The maximum Gasteiger partial charge on any atom is 0.235 e. The number of ketones is 4. The van der Waals surface area contributed by atoms with Gasteiger partial charge in [-0.1, -0.05) is 18.2 Å². The normalized spacial score (nSPS) is 30.0. The number of carbonyl (C=O) groups is 5. The van der Waals surface area contributed by atoms with E-state index in [0.29, 0.717) is 23.5 Å². The first-order valence-corrected chi connectivity index (χ1v) is 12.9. The average Bonchev–Trinajstić information content (AvgIpc) is 2.87. The van der Waals surface area contributed by atoms with E-state index in [4.69, 9.17) is 10.5 Å². The minimum atomic E-state index is -2.74. The number of likely N-dealkylation sites (N-methyl/N-ethyl adjacent to an activating group) is 1. The minimum absolute atomic E-state index is 0.00225. The molecular weight excluding hydrogens is 504 g/mol. The Balaban J connectivity index is 1.62. The van der Waals surface area contributed by atoms with Crippen LogP contribution in [0.4, 0.5) is 0 Å². The molecule has 2 fully saturated rings. The van der Waals surface area contributed by atoms with Crippen LogP contribution in [0.1, 0.15) is 29.3 Å². The van der Waals surface area contributed by atoms with E-state index in [1.807, 2.05) is 19.1 Å². The van der Waals surface area contributed by atoms with Gasteiger partial charge in [-0.3, -0.25) is 28.9 Å². The summed E-state index contributed by atoms with van der Waals surface area (Å²) in [5.41, 5.74) is 4.60. The molecule has 3 aliphatic carbocycles. The highest BCUT2D eigenvalue weighted by atomic mass is 16.5. The summed E-state index contributed by atoms with van der Waals surface area (Å²) in [7, 11) is 3.10. The predicted molar refractivity (Wildman–Crippen MR) is 138 cm³/mol. The molecule has 0 spiro atoms. The number of primary amides is 1. The van der Waals surface area contributed by atoms with Gasteiger partial charge in [0, 0.05) is 5.92 Å². The molecule has 204 valence electrons. The Labute approximate surface area is 224 Å². The Kier molecular flexibility index (Phi) is 6.43. The van der Waals surface area contributed by atoms with Crippen molar-refractivity contribution in [2.75, 3.05) is 20.7 Å². The molecule has 6 atom stereocenters. The van der Waals surface area contributed by atoms with Crippen LogP contribution in [0.2, 0.25) is 0 Å². The van der Waals surface area contributed by atoms with Crippen molar-refractivity contribution < 1.29 is 38.9 Å². The van der Waals surface area contributed by atoms with Crippen LogP contribution in [0.25, 0.3) is 11.1 Å². The number of amides is 1. The molecule has 4 N–H and O–H groups in total.